The topological polar surface area (TPSA) is 98.6 Å². The lowest BCUT2D eigenvalue weighted by Gasteiger charge is -2.20. The maximum atomic E-state index is 12.5. The highest BCUT2D eigenvalue weighted by Gasteiger charge is 2.17. The van der Waals surface area contributed by atoms with Crippen LogP contribution in [0.5, 0.6) is 0 Å². The summed E-state index contributed by atoms with van der Waals surface area (Å²) in [5, 5.41) is 26.7. The first-order chi connectivity index (χ1) is 13.2. The minimum absolute atomic E-state index is 0.0965. The van der Waals surface area contributed by atoms with Crippen LogP contribution >= 0.6 is 11.8 Å². The van der Waals surface area contributed by atoms with Gasteiger partial charge in [0.05, 0.1) is 30.7 Å². The first-order valence-corrected chi connectivity index (χ1v) is 9.78. The molecule has 2 rings (SSSR count). The fraction of sp³-hybridized carbons (Fsp3) is 0.421. The van der Waals surface area contributed by atoms with Crippen LogP contribution in [-0.2, 0) is 17.8 Å². The van der Waals surface area contributed by atoms with Crippen molar-refractivity contribution in [3.05, 3.63) is 41.7 Å². The highest BCUT2D eigenvalue weighted by Crippen LogP contribution is 2.19. The molecule has 1 heterocycles. The zero-order valence-corrected chi connectivity index (χ0v) is 16.2. The second kappa shape index (κ2) is 11.0. The van der Waals surface area contributed by atoms with Crippen LogP contribution < -0.4 is 0 Å². The molecule has 0 fully saturated rings. The molecular weight excluding hydrogens is 360 g/mol. The summed E-state index contributed by atoms with van der Waals surface area (Å²) in [5.74, 6) is 0.977. The monoisotopic (exact) mass is 382 g/mol. The van der Waals surface area contributed by atoms with Crippen molar-refractivity contribution < 1.29 is 4.79 Å². The lowest BCUT2D eigenvalue weighted by Crippen LogP contribution is -2.34. The van der Waals surface area contributed by atoms with Gasteiger partial charge in [0.2, 0.25) is 5.91 Å². The summed E-state index contributed by atoms with van der Waals surface area (Å²) in [4.78, 5) is 14.0. The fourth-order valence-electron chi connectivity index (χ4n) is 2.60. The van der Waals surface area contributed by atoms with E-state index in [1.807, 2.05) is 54.0 Å². The Morgan fingerprint density at radius 2 is 1.81 bits per heavy atom. The lowest BCUT2D eigenvalue weighted by atomic mass is 10.1. The van der Waals surface area contributed by atoms with Gasteiger partial charge >= 0.3 is 0 Å². The minimum atomic E-state index is -0.0965. The molecule has 1 aromatic carbocycles. The molecule has 27 heavy (non-hydrogen) atoms. The normalized spacial score (nSPS) is 10.2. The molecule has 2 aromatic rings. The van der Waals surface area contributed by atoms with E-state index in [1.165, 1.54) is 11.8 Å². The molecule has 0 saturated carbocycles. The molecule has 0 aliphatic rings. The molecule has 0 spiro atoms. The Morgan fingerprint density at radius 3 is 2.41 bits per heavy atom. The molecule has 0 bridgehead atoms. The van der Waals surface area contributed by atoms with Crippen LogP contribution in [0.15, 0.2) is 35.5 Å². The van der Waals surface area contributed by atoms with Crippen LogP contribution in [0.1, 0.15) is 31.2 Å². The van der Waals surface area contributed by atoms with Gasteiger partial charge < -0.3 is 9.47 Å². The SMILES string of the molecule is CCn1c(Cc2ccccc2)nnc1SCC(=O)N(CCC#N)CCC#N. The third-order valence-corrected chi connectivity index (χ3v) is 4.93. The highest BCUT2D eigenvalue weighted by atomic mass is 32.2. The Bertz CT molecular complexity index is 803. The van der Waals surface area contributed by atoms with Crippen LogP contribution in [-0.4, -0.2) is 44.4 Å². The van der Waals surface area contributed by atoms with E-state index in [-0.39, 0.29) is 24.5 Å². The molecule has 0 N–H and O–H groups in total. The van der Waals surface area contributed by atoms with E-state index in [0.29, 0.717) is 24.7 Å². The Morgan fingerprint density at radius 1 is 1.15 bits per heavy atom. The van der Waals surface area contributed by atoms with E-state index in [2.05, 4.69) is 10.2 Å². The molecule has 0 atom stereocenters. The molecule has 7 nitrogen and oxygen atoms in total. The molecule has 0 aliphatic carbocycles. The van der Waals surface area contributed by atoms with Crippen LogP contribution in [0.4, 0.5) is 0 Å². The van der Waals surface area contributed by atoms with E-state index in [1.54, 1.807) is 4.90 Å². The molecular formula is C19H22N6OS. The van der Waals surface area contributed by atoms with Crippen molar-refractivity contribution >= 4 is 17.7 Å². The summed E-state index contributed by atoms with van der Waals surface area (Å²) in [7, 11) is 0. The number of benzene rings is 1. The molecule has 0 saturated heterocycles. The van der Waals surface area contributed by atoms with Gasteiger partial charge in [0.15, 0.2) is 5.16 Å². The average Bonchev–Trinajstić information content (AvgIpc) is 3.08. The third-order valence-electron chi connectivity index (χ3n) is 3.98. The van der Waals surface area contributed by atoms with Gasteiger partial charge in [-0.15, -0.1) is 10.2 Å². The van der Waals surface area contributed by atoms with E-state index in [4.69, 9.17) is 10.5 Å². The molecule has 1 aromatic heterocycles. The van der Waals surface area contributed by atoms with Crippen LogP contribution in [0.25, 0.3) is 0 Å². The van der Waals surface area contributed by atoms with Gasteiger partial charge in [0.25, 0.3) is 0 Å². The summed E-state index contributed by atoms with van der Waals surface area (Å²) >= 11 is 1.34. The van der Waals surface area contributed by atoms with Crippen molar-refractivity contribution in [3.8, 4) is 12.1 Å². The molecule has 8 heteroatoms. The first-order valence-electron chi connectivity index (χ1n) is 8.80. The van der Waals surface area contributed by atoms with Gasteiger partial charge in [-0.3, -0.25) is 4.79 Å². The van der Waals surface area contributed by atoms with Crippen molar-refractivity contribution in [2.24, 2.45) is 0 Å². The van der Waals surface area contributed by atoms with Crippen molar-refractivity contribution in [1.82, 2.24) is 19.7 Å². The van der Waals surface area contributed by atoms with E-state index < -0.39 is 0 Å². The number of thioether (sulfide) groups is 1. The first kappa shape index (κ1) is 20.5. The number of nitriles is 2. The van der Waals surface area contributed by atoms with Gasteiger partial charge in [0, 0.05) is 26.1 Å². The third kappa shape index (κ3) is 6.12. The number of hydrogen-bond acceptors (Lipinski definition) is 6. The Hall–Kier alpha value is -2.84. The molecule has 1 amide bonds. The van der Waals surface area contributed by atoms with Crippen LogP contribution in [0.2, 0.25) is 0 Å². The summed E-state index contributed by atoms with van der Waals surface area (Å²) in [5.41, 5.74) is 1.16. The number of aromatic nitrogens is 3. The minimum Gasteiger partial charge on any atom is -0.340 e. The summed E-state index contributed by atoms with van der Waals surface area (Å²) in [6, 6.07) is 14.1. The molecule has 0 aliphatic heterocycles. The summed E-state index contributed by atoms with van der Waals surface area (Å²) < 4.78 is 2.01. The van der Waals surface area contributed by atoms with Gasteiger partial charge in [-0.2, -0.15) is 10.5 Å². The maximum absolute atomic E-state index is 12.5. The fourth-order valence-corrected chi connectivity index (χ4v) is 3.53. The predicted molar refractivity (Wildman–Crippen MR) is 103 cm³/mol. The highest BCUT2D eigenvalue weighted by molar-refractivity contribution is 7.99. The van der Waals surface area contributed by atoms with Gasteiger partial charge in [-0.1, -0.05) is 42.1 Å². The van der Waals surface area contributed by atoms with Crippen LogP contribution in [0.3, 0.4) is 0 Å². The Balaban J connectivity index is 2.01. The molecule has 0 radical (unpaired) electrons. The quantitative estimate of drug-likeness (QED) is 0.586. The zero-order valence-electron chi connectivity index (χ0n) is 15.3. The van der Waals surface area contributed by atoms with E-state index in [0.717, 1.165) is 17.9 Å². The zero-order chi connectivity index (χ0) is 19.5. The Labute approximate surface area is 163 Å². The Kier molecular flexibility index (Phi) is 8.34. The van der Waals surface area contributed by atoms with Gasteiger partial charge in [0.1, 0.15) is 5.82 Å². The average molecular weight is 382 g/mol. The van der Waals surface area contributed by atoms with E-state index >= 15 is 0 Å². The summed E-state index contributed by atoms with van der Waals surface area (Å²) in [6.45, 7) is 3.43. The largest absolute Gasteiger partial charge is 0.340 e. The van der Waals surface area contributed by atoms with Gasteiger partial charge in [-0.05, 0) is 12.5 Å². The molecule has 140 valence electrons. The second-order valence-electron chi connectivity index (χ2n) is 5.79. The smallest absolute Gasteiger partial charge is 0.233 e. The van der Waals surface area contributed by atoms with Crippen molar-refractivity contribution in [2.75, 3.05) is 18.8 Å². The lowest BCUT2D eigenvalue weighted by molar-refractivity contribution is -0.128. The van der Waals surface area contributed by atoms with Crippen molar-refractivity contribution in [3.63, 3.8) is 0 Å². The predicted octanol–water partition coefficient (Wildman–Crippen LogP) is 2.64. The number of carbonyl (C=O) groups is 1. The van der Waals surface area contributed by atoms with Crippen LogP contribution in [0, 0.1) is 22.7 Å². The number of rotatable bonds is 10. The number of amides is 1. The number of nitrogens with zero attached hydrogens (tertiary/aromatic N) is 6. The van der Waals surface area contributed by atoms with Crippen molar-refractivity contribution in [2.45, 2.75) is 37.9 Å². The summed E-state index contributed by atoms with van der Waals surface area (Å²) in [6.07, 6.45) is 1.20. The standard InChI is InChI=1S/C19H22N6OS/c1-2-25-17(14-16-8-4-3-5-9-16)22-23-19(25)27-15-18(26)24(12-6-10-20)13-7-11-21/h3-5,8-9H,2,6-7,12-15H2,1H3. The maximum Gasteiger partial charge on any atom is 0.233 e. The van der Waals surface area contributed by atoms with Crippen molar-refractivity contribution in [1.29, 1.82) is 10.5 Å². The van der Waals surface area contributed by atoms with E-state index in [9.17, 15) is 4.79 Å². The number of carbonyl (C=O) groups excluding carboxylic acids is 1. The number of hydrogen-bond donors (Lipinski definition) is 0. The van der Waals surface area contributed by atoms with Gasteiger partial charge in [-0.25, -0.2) is 0 Å². The second-order valence-corrected chi connectivity index (χ2v) is 6.73. The molecule has 0 unspecified atom stereocenters.